The molecule has 0 amide bonds. The highest BCUT2D eigenvalue weighted by atomic mass is 19.1. The quantitative estimate of drug-likeness (QED) is 0.444. The highest BCUT2D eigenvalue weighted by Crippen LogP contribution is 2.33. The Labute approximate surface area is 171 Å². The van der Waals surface area contributed by atoms with Crippen LogP contribution in [0.4, 0.5) is 8.78 Å². The van der Waals surface area contributed by atoms with Crippen LogP contribution < -0.4 is 4.74 Å². The van der Waals surface area contributed by atoms with Gasteiger partial charge in [-0.15, -0.1) is 0 Å². The maximum absolute atomic E-state index is 14.5. The zero-order valence-corrected chi connectivity index (χ0v) is 16.4. The van der Waals surface area contributed by atoms with Gasteiger partial charge in [0.15, 0.2) is 11.6 Å². The lowest BCUT2D eigenvalue weighted by molar-refractivity contribution is 0.0593. The summed E-state index contributed by atoms with van der Waals surface area (Å²) < 4.78 is 40.0. The Morgan fingerprint density at radius 2 is 1.83 bits per heavy atom. The first-order valence-corrected chi connectivity index (χ1v) is 9.17. The second kappa shape index (κ2) is 7.94. The molecule has 5 nitrogen and oxygen atoms in total. The average Bonchev–Trinajstić information content (AvgIpc) is 3.10. The Balaban J connectivity index is 1.89. The van der Waals surface area contributed by atoms with Gasteiger partial charge < -0.3 is 14.0 Å². The number of rotatable bonds is 5. The summed E-state index contributed by atoms with van der Waals surface area (Å²) in [5.41, 5.74) is 2.66. The number of nitrogens with zero attached hydrogens (tertiary/aromatic N) is 2. The van der Waals surface area contributed by atoms with Crippen molar-refractivity contribution in [3.8, 4) is 17.0 Å². The van der Waals surface area contributed by atoms with E-state index >= 15 is 0 Å². The zero-order chi connectivity index (χ0) is 21.3. The van der Waals surface area contributed by atoms with Crippen LogP contribution in [0.5, 0.6) is 5.75 Å². The summed E-state index contributed by atoms with van der Waals surface area (Å²) in [7, 11) is 2.69. The number of carbonyl (C=O) groups is 1. The van der Waals surface area contributed by atoms with Crippen molar-refractivity contribution in [3.05, 3.63) is 83.7 Å². The van der Waals surface area contributed by atoms with Crippen molar-refractivity contribution in [2.24, 2.45) is 0 Å². The summed E-state index contributed by atoms with van der Waals surface area (Å²) >= 11 is 0. The van der Waals surface area contributed by atoms with Crippen molar-refractivity contribution >= 4 is 16.9 Å². The van der Waals surface area contributed by atoms with E-state index in [2.05, 4.69) is 4.98 Å². The van der Waals surface area contributed by atoms with Crippen LogP contribution in [-0.4, -0.2) is 29.7 Å². The summed E-state index contributed by atoms with van der Waals surface area (Å²) in [4.78, 5) is 16.2. The number of esters is 1. The maximum atomic E-state index is 14.5. The molecule has 7 heteroatoms. The predicted octanol–water partition coefficient (Wildman–Crippen LogP) is 4.83. The fourth-order valence-corrected chi connectivity index (χ4v) is 3.42. The molecule has 152 valence electrons. The molecule has 0 atom stereocenters. The summed E-state index contributed by atoms with van der Waals surface area (Å²) in [5.74, 6) is -1.31. The first-order valence-electron chi connectivity index (χ1n) is 9.17. The highest BCUT2D eigenvalue weighted by molar-refractivity contribution is 5.89. The lowest BCUT2D eigenvalue weighted by Gasteiger charge is -2.12. The summed E-state index contributed by atoms with van der Waals surface area (Å²) in [6.45, 7) is 0.242. The minimum Gasteiger partial charge on any atom is -0.494 e. The fourth-order valence-electron chi connectivity index (χ4n) is 3.42. The fraction of sp³-hybridized carbons (Fsp3) is 0.130. The molecule has 2 aromatic heterocycles. The Kier molecular flexibility index (Phi) is 5.18. The molecule has 0 aliphatic heterocycles. The number of aromatic nitrogens is 2. The Morgan fingerprint density at radius 3 is 2.57 bits per heavy atom. The lowest BCUT2D eigenvalue weighted by atomic mass is 10.1. The topological polar surface area (TPSA) is 53.4 Å². The largest absolute Gasteiger partial charge is 0.494 e. The molecule has 0 radical (unpaired) electrons. The molecule has 0 saturated heterocycles. The van der Waals surface area contributed by atoms with Crippen molar-refractivity contribution < 1.29 is 23.0 Å². The smallest absolute Gasteiger partial charge is 0.356 e. The van der Waals surface area contributed by atoms with Crippen molar-refractivity contribution in [1.29, 1.82) is 0 Å². The molecular formula is C23H18F2N2O3. The SMILES string of the molecule is COC(=O)c1cccc(Cn2c(-c3cccc(F)c3)cc3cc(OC)c(F)cc32)n1. The van der Waals surface area contributed by atoms with Crippen LogP contribution in [0.1, 0.15) is 16.2 Å². The van der Waals surface area contributed by atoms with Gasteiger partial charge in [0.2, 0.25) is 0 Å². The van der Waals surface area contributed by atoms with Crippen LogP contribution in [0.3, 0.4) is 0 Å². The zero-order valence-electron chi connectivity index (χ0n) is 16.4. The molecular weight excluding hydrogens is 390 g/mol. The molecule has 0 fully saturated rings. The Morgan fingerprint density at radius 1 is 1.03 bits per heavy atom. The monoisotopic (exact) mass is 408 g/mol. The van der Waals surface area contributed by atoms with Crippen LogP contribution in [0.15, 0.2) is 60.7 Å². The number of methoxy groups -OCH3 is 2. The third-order valence-corrected chi connectivity index (χ3v) is 4.82. The molecule has 0 spiro atoms. The van der Waals surface area contributed by atoms with Crippen LogP contribution in [0, 0.1) is 11.6 Å². The Hall–Kier alpha value is -3.74. The number of hydrogen-bond donors (Lipinski definition) is 0. The van der Waals surface area contributed by atoms with Crippen LogP contribution >= 0.6 is 0 Å². The van der Waals surface area contributed by atoms with E-state index in [0.29, 0.717) is 22.5 Å². The molecule has 30 heavy (non-hydrogen) atoms. The lowest BCUT2D eigenvalue weighted by Crippen LogP contribution is -2.09. The van der Waals surface area contributed by atoms with E-state index in [1.807, 2.05) is 10.6 Å². The number of ether oxygens (including phenoxy) is 2. The van der Waals surface area contributed by atoms with E-state index in [4.69, 9.17) is 9.47 Å². The van der Waals surface area contributed by atoms with Crippen molar-refractivity contribution in [1.82, 2.24) is 9.55 Å². The van der Waals surface area contributed by atoms with Gasteiger partial charge in [0.1, 0.15) is 11.5 Å². The van der Waals surface area contributed by atoms with E-state index in [9.17, 15) is 13.6 Å². The summed E-state index contributed by atoms with van der Waals surface area (Å²) in [6.07, 6.45) is 0. The summed E-state index contributed by atoms with van der Waals surface area (Å²) in [6, 6.07) is 16.0. The standard InChI is InChI=1S/C23H18F2N2O3/c1-29-22-11-15-10-20(14-5-3-6-16(24)9-14)27(21(15)12-18(22)25)13-17-7-4-8-19(26-17)23(28)30-2/h3-12H,13H2,1-2H3. The van der Waals surface area contributed by atoms with Gasteiger partial charge in [0.05, 0.1) is 32.0 Å². The number of carbonyl (C=O) groups excluding carboxylic acids is 1. The van der Waals surface area contributed by atoms with Gasteiger partial charge in [-0.2, -0.15) is 0 Å². The minimum absolute atomic E-state index is 0.122. The van der Waals surface area contributed by atoms with Crippen molar-refractivity contribution in [2.75, 3.05) is 14.2 Å². The van der Waals surface area contributed by atoms with Crippen molar-refractivity contribution in [2.45, 2.75) is 6.54 Å². The second-order valence-corrected chi connectivity index (χ2v) is 6.68. The number of benzene rings is 2. The summed E-state index contributed by atoms with van der Waals surface area (Å²) in [5, 5.41) is 0.733. The molecule has 2 aromatic carbocycles. The van der Waals surface area contributed by atoms with Gasteiger partial charge in [-0.05, 0) is 36.4 Å². The molecule has 4 rings (SSSR count). The molecule has 0 unspecified atom stereocenters. The highest BCUT2D eigenvalue weighted by Gasteiger charge is 2.16. The third-order valence-electron chi connectivity index (χ3n) is 4.82. The van der Waals surface area contributed by atoms with Gasteiger partial charge in [-0.1, -0.05) is 18.2 Å². The number of pyridine rings is 1. The van der Waals surface area contributed by atoms with Gasteiger partial charge >= 0.3 is 5.97 Å². The molecule has 4 aromatic rings. The molecule has 0 aliphatic rings. The van der Waals surface area contributed by atoms with Crippen LogP contribution in [0.2, 0.25) is 0 Å². The molecule has 2 heterocycles. The van der Waals surface area contributed by atoms with Crippen LogP contribution in [-0.2, 0) is 11.3 Å². The van der Waals surface area contributed by atoms with E-state index in [1.54, 1.807) is 36.4 Å². The van der Waals surface area contributed by atoms with Gasteiger partial charge in [-0.3, -0.25) is 0 Å². The maximum Gasteiger partial charge on any atom is 0.356 e. The number of fused-ring (bicyclic) bond motifs is 1. The van der Waals surface area contributed by atoms with Gasteiger partial charge in [0, 0.05) is 22.7 Å². The molecule has 0 N–H and O–H groups in total. The van der Waals surface area contributed by atoms with E-state index < -0.39 is 11.8 Å². The normalized spacial score (nSPS) is 10.9. The first kappa shape index (κ1) is 19.6. The molecule has 0 aliphatic carbocycles. The number of halogens is 2. The molecule has 0 bridgehead atoms. The van der Waals surface area contributed by atoms with Gasteiger partial charge in [0.25, 0.3) is 0 Å². The second-order valence-electron chi connectivity index (χ2n) is 6.68. The minimum atomic E-state index is -0.546. The van der Waals surface area contributed by atoms with Crippen LogP contribution in [0.25, 0.3) is 22.2 Å². The predicted molar refractivity (Wildman–Crippen MR) is 109 cm³/mol. The van der Waals surface area contributed by atoms with E-state index in [1.165, 1.54) is 32.4 Å². The van der Waals surface area contributed by atoms with Gasteiger partial charge in [-0.25, -0.2) is 18.6 Å². The Bertz CT molecular complexity index is 1250. The average molecular weight is 408 g/mol. The van der Waals surface area contributed by atoms with E-state index in [-0.39, 0.29) is 23.8 Å². The first-order chi connectivity index (χ1) is 14.5. The van der Waals surface area contributed by atoms with Crippen molar-refractivity contribution in [3.63, 3.8) is 0 Å². The molecule has 0 saturated carbocycles. The van der Waals surface area contributed by atoms with E-state index in [0.717, 1.165) is 5.39 Å². The third kappa shape index (κ3) is 3.61. The number of hydrogen-bond acceptors (Lipinski definition) is 4.